The van der Waals surface area contributed by atoms with Crippen LogP contribution in [0.4, 0.5) is 5.95 Å². The van der Waals surface area contributed by atoms with Crippen LogP contribution >= 0.6 is 11.8 Å². The highest BCUT2D eigenvalue weighted by atomic mass is 32.2. The van der Waals surface area contributed by atoms with Crippen molar-refractivity contribution in [2.24, 2.45) is 0 Å². The molecule has 0 saturated carbocycles. The van der Waals surface area contributed by atoms with E-state index in [-0.39, 0.29) is 11.9 Å². The van der Waals surface area contributed by atoms with Gasteiger partial charge in [0.25, 0.3) is 5.91 Å². The number of para-hydroxylation sites is 1. The fourth-order valence-corrected chi connectivity index (χ4v) is 3.42. The number of imidazole rings is 1. The van der Waals surface area contributed by atoms with Crippen molar-refractivity contribution >= 4 is 23.6 Å². The highest BCUT2D eigenvalue weighted by Gasteiger charge is 2.14. The van der Waals surface area contributed by atoms with Crippen molar-refractivity contribution in [2.75, 3.05) is 18.7 Å². The van der Waals surface area contributed by atoms with Gasteiger partial charge in [-0.3, -0.25) is 19.8 Å². The van der Waals surface area contributed by atoms with Gasteiger partial charge in [-0.1, -0.05) is 30.0 Å². The number of nitrogens with zero attached hydrogens (tertiary/aromatic N) is 4. The highest BCUT2D eigenvalue weighted by Crippen LogP contribution is 2.27. The summed E-state index contributed by atoms with van der Waals surface area (Å²) in [5.41, 5.74) is 2.10. The maximum absolute atomic E-state index is 12.7. The second-order valence-electron chi connectivity index (χ2n) is 6.00. The molecule has 2 aromatic carbocycles. The number of amides is 1. The zero-order chi connectivity index (χ0) is 20.2. The third-order valence-electron chi connectivity index (χ3n) is 4.25. The van der Waals surface area contributed by atoms with Crippen molar-refractivity contribution in [3.05, 3.63) is 66.5 Å². The van der Waals surface area contributed by atoms with Gasteiger partial charge >= 0.3 is 0 Å². The SMILES string of the molecule is COc1ccccc1-c1nc(NC(=O)c2cccc(-n3ccnc3SC)c2)n[nH]1. The van der Waals surface area contributed by atoms with Crippen molar-refractivity contribution in [1.29, 1.82) is 0 Å². The van der Waals surface area contributed by atoms with Gasteiger partial charge in [0.2, 0.25) is 5.95 Å². The van der Waals surface area contributed by atoms with Crippen LogP contribution in [0, 0.1) is 0 Å². The average Bonchev–Trinajstić information content (AvgIpc) is 3.43. The van der Waals surface area contributed by atoms with Crippen LogP contribution in [0.3, 0.4) is 0 Å². The van der Waals surface area contributed by atoms with Gasteiger partial charge in [-0.15, -0.1) is 5.10 Å². The minimum atomic E-state index is -0.303. The van der Waals surface area contributed by atoms with Gasteiger partial charge in [0.05, 0.1) is 12.7 Å². The fraction of sp³-hybridized carbons (Fsp3) is 0.100. The van der Waals surface area contributed by atoms with Crippen molar-refractivity contribution in [2.45, 2.75) is 5.16 Å². The molecule has 0 spiro atoms. The lowest BCUT2D eigenvalue weighted by molar-refractivity contribution is 0.102. The first-order valence-electron chi connectivity index (χ1n) is 8.74. The normalized spacial score (nSPS) is 10.7. The zero-order valence-electron chi connectivity index (χ0n) is 15.8. The van der Waals surface area contributed by atoms with Gasteiger partial charge in [-0.05, 0) is 36.6 Å². The van der Waals surface area contributed by atoms with Gasteiger partial charge in [0.1, 0.15) is 5.75 Å². The Morgan fingerprint density at radius 3 is 2.90 bits per heavy atom. The largest absolute Gasteiger partial charge is 0.496 e. The number of hydrogen-bond donors (Lipinski definition) is 2. The number of hydrogen-bond acceptors (Lipinski definition) is 6. The van der Waals surface area contributed by atoms with Crippen molar-refractivity contribution in [3.63, 3.8) is 0 Å². The highest BCUT2D eigenvalue weighted by molar-refractivity contribution is 7.98. The zero-order valence-corrected chi connectivity index (χ0v) is 16.6. The molecule has 0 unspecified atom stereocenters. The lowest BCUT2D eigenvalue weighted by Gasteiger charge is -2.08. The number of carbonyl (C=O) groups is 1. The molecule has 0 aliphatic carbocycles. The van der Waals surface area contributed by atoms with Crippen LogP contribution in [0.25, 0.3) is 17.1 Å². The molecule has 2 N–H and O–H groups in total. The Balaban J connectivity index is 1.55. The van der Waals surface area contributed by atoms with E-state index in [2.05, 4.69) is 25.5 Å². The van der Waals surface area contributed by atoms with Crippen LogP contribution in [0.5, 0.6) is 5.75 Å². The van der Waals surface area contributed by atoms with E-state index in [9.17, 15) is 4.79 Å². The Labute approximate surface area is 171 Å². The van der Waals surface area contributed by atoms with E-state index < -0.39 is 0 Å². The monoisotopic (exact) mass is 406 g/mol. The third-order valence-corrected chi connectivity index (χ3v) is 4.92. The summed E-state index contributed by atoms with van der Waals surface area (Å²) in [7, 11) is 1.59. The Kier molecular flexibility index (Phi) is 5.30. The van der Waals surface area contributed by atoms with E-state index in [1.165, 1.54) is 11.8 Å². The minimum Gasteiger partial charge on any atom is -0.496 e. The van der Waals surface area contributed by atoms with Gasteiger partial charge in [0, 0.05) is 23.6 Å². The Hall–Kier alpha value is -3.59. The molecule has 0 aliphatic rings. The van der Waals surface area contributed by atoms with E-state index >= 15 is 0 Å². The van der Waals surface area contributed by atoms with Crippen LogP contribution < -0.4 is 10.1 Å². The molecular weight excluding hydrogens is 388 g/mol. The summed E-state index contributed by atoms with van der Waals surface area (Å²) >= 11 is 1.53. The van der Waals surface area contributed by atoms with Gasteiger partial charge in [-0.2, -0.15) is 4.98 Å². The minimum absolute atomic E-state index is 0.189. The lowest BCUT2D eigenvalue weighted by atomic mass is 10.2. The number of benzene rings is 2. The molecule has 2 aromatic heterocycles. The van der Waals surface area contributed by atoms with Crippen molar-refractivity contribution in [3.8, 4) is 22.8 Å². The molecule has 0 bridgehead atoms. The van der Waals surface area contributed by atoms with Crippen LogP contribution in [0.15, 0.2) is 66.1 Å². The summed E-state index contributed by atoms with van der Waals surface area (Å²) in [5.74, 6) is 1.06. The number of rotatable bonds is 6. The smallest absolute Gasteiger partial charge is 0.258 e. The number of anilines is 1. The van der Waals surface area contributed by atoms with Crippen LogP contribution in [-0.4, -0.2) is 44.0 Å². The maximum atomic E-state index is 12.7. The summed E-state index contributed by atoms with van der Waals surface area (Å²) in [6.45, 7) is 0. The Morgan fingerprint density at radius 1 is 1.21 bits per heavy atom. The first kappa shape index (κ1) is 18.8. The number of aromatic amines is 1. The van der Waals surface area contributed by atoms with E-state index in [1.807, 2.05) is 53.4 Å². The second kappa shape index (κ2) is 8.19. The predicted octanol–water partition coefficient (Wildman–Crippen LogP) is 3.64. The first-order chi connectivity index (χ1) is 14.2. The summed E-state index contributed by atoms with van der Waals surface area (Å²) in [6, 6.07) is 14.7. The second-order valence-corrected chi connectivity index (χ2v) is 6.77. The van der Waals surface area contributed by atoms with Crippen molar-refractivity contribution < 1.29 is 9.53 Å². The van der Waals surface area contributed by atoms with Gasteiger partial charge < -0.3 is 4.74 Å². The molecule has 0 atom stereocenters. The number of aromatic nitrogens is 5. The molecule has 0 aliphatic heterocycles. The molecular formula is C20H18N6O2S. The quantitative estimate of drug-likeness (QED) is 0.475. The maximum Gasteiger partial charge on any atom is 0.258 e. The number of methoxy groups -OCH3 is 1. The molecule has 0 fully saturated rings. The average molecular weight is 406 g/mol. The van der Waals surface area contributed by atoms with Crippen LogP contribution in [0.2, 0.25) is 0 Å². The number of nitrogens with one attached hydrogen (secondary N) is 2. The number of H-pyrrole nitrogens is 1. The molecule has 0 saturated heterocycles. The Bertz CT molecular complexity index is 1150. The van der Waals surface area contributed by atoms with Gasteiger partial charge in [-0.25, -0.2) is 4.98 Å². The first-order valence-corrected chi connectivity index (χ1v) is 9.97. The lowest BCUT2D eigenvalue weighted by Crippen LogP contribution is -2.13. The summed E-state index contributed by atoms with van der Waals surface area (Å²) < 4.78 is 7.27. The third kappa shape index (κ3) is 3.85. The van der Waals surface area contributed by atoms with Crippen LogP contribution in [-0.2, 0) is 0 Å². The van der Waals surface area contributed by atoms with E-state index in [0.29, 0.717) is 17.1 Å². The van der Waals surface area contributed by atoms with Crippen LogP contribution in [0.1, 0.15) is 10.4 Å². The van der Waals surface area contributed by atoms with Crippen molar-refractivity contribution in [1.82, 2.24) is 24.7 Å². The Morgan fingerprint density at radius 2 is 2.07 bits per heavy atom. The topological polar surface area (TPSA) is 97.7 Å². The predicted molar refractivity (Wildman–Crippen MR) is 112 cm³/mol. The number of ether oxygens (including phenoxy) is 1. The molecule has 9 heteroatoms. The number of carbonyl (C=O) groups excluding carboxylic acids is 1. The fourth-order valence-electron chi connectivity index (χ4n) is 2.89. The standard InChI is InChI=1S/C20H18N6O2S/c1-28-16-9-4-3-8-15(16)17-22-19(25-24-17)23-18(27)13-6-5-7-14(12-13)26-11-10-21-20(26)29-2/h3-12H,1-2H3,(H2,22,23,24,25,27). The van der Waals surface area contributed by atoms with E-state index in [1.54, 1.807) is 25.4 Å². The molecule has 29 heavy (non-hydrogen) atoms. The van der Waals surface area contributed by atoms with E-state index in [0.717, 1.165) is 16.4 Å². The molecule has 146 valence electrons. The molecule has 2 heterocycles. The molecule has 0 radical (unpaired) electrons. The molecule has 8 nitrogen and oxygen atoms in total. The summed E-state index contributed by atoms with van der Waals surface area (Å²) in [4.78, 5) is 21.3. The summed E-state index contributed by atoms with van der Waals surface area (Å²) in [6.07, 6.45) is 5.54. The van der Waals surface area contributed by atoms with Gasteiger partial charge in [0.15, 0.2) is 11.0 Å². The molecule has 4 rings (SSSR count). The molecule has 4 aromatic rings. The number of thioether (sulfide) groups is 1. The molecule has 1 amide bonds. The summed E-state index contributed by atoms with van der Waals surface area (Å²) in [5, 5.41) is 10.5. The van der Waals surface area contributed by atoms with E-state index in [4.69, 9.17) is 4.74 Å².